The summed E-state index contributed by atoms with van der Waals surface area (Å²) >= 11 is 1.59. The number of fused-ring (bicyclic) bond motifs is 1. The van der Waals surface area contributed by atoms with Gasteiger partial charge in [-0.05, 0) is 45.0 Å². The topological polar surface area (TPSA) is 153 Å². The molecular formula is C24H30N8O4S. The lowest BCUT2D eigenvalue weighted by Gasteiger charge is -2.38. The fourth-order valence-electron chi connectivity index (χ4n) is 4.57. The number of thiazole rings is 1. The second-order valence-corrected chi connectivity index (χ2v) is 10.4. The summed E-state index contributed by atoms with van der Waals surface area (Å²) in [4.78, 5) is 19.9. The molecule has 37 heavy (non-hydrogen) atoms. The van der Waals surface area contributed by atoms with Crippen molar-refractivity contribution in [1.29, 1.82) is 0 Å². The lowest BCUT2D eigenvalue weighted by molar-refractivity contribution is -0.161. The average molecular weight is 527 g/mol. The number of aryl methyl sites for hydroxylation is 1. The van der Waals surface area contributed by atoms with Crippen molar-refractivity contribution in [2.24, 2.45) is 0 Å². The molecule has 1 saturated heterocycles. The molecule has 1 saturated carbocycles. The Balaban J connectivity index is 0.000000412. The second kappa shape index (κ2) is 11.1. The number of hydrogen-bond donors (Lipinski definition) is 3. The number of carbonyl (C=O) groups excluding carboxylic acids is 1. The summed E-state index contributed by atoms with van der Waals surface area (Å²) in [5.41, 5.74) is 1.88. The summed E-state index contributed by atoms with van der Waals surface area (Å²) in [6, 6.07) is 6.14. The number of aliphatic hydroxyl groups is 2. The Labute approximate surface area is 217 Å². The highest BCUT2D eigenvalue weighted by atomic mass is 32.1. The van der Waals surface area contributed by atoms with Gasteiger partial charge in [-0.1, -0.05) is 11.6 Å². The van der Waals surface area contributed by atoms with Crippen LogP contribution in [0.4, 0.5) is 0 Å². The van der Waals surface area contributed by atoms with Crippen LogP contribution in [-0.4, -0.2) is 83.1 Å². The van der Waals surface area contributed by atoms with Crippen LogP contribution in [0.1, 0.15) is 59.1 Å². The van der Waals surface area contributed by atoms with E-state index < -0.39 is 24.4 Å². The van der Waals surface area contributed by atoms with Crippen molar-refractivity contribution in [3.63, 3.8) is 0 Å². The van der Waals surface area contributed by atoms with Crippen LogP contribution in [0.3, 0.4) is 0 Å². The molecule has 4 aromatic rings. The van der Waals surface area contributed by atoms with Crippen molar-refractivity contribution < 1.29 is 19.7 Å². The third kappa shape index (κ3) is 5.31. The Hall–Kier alpha value is -3.10. The average Bonchev–Trinajstić information content (AvgIpc) is 3.62. The summed E-state index contributed by atoms with van der Waals surface area (Å²) in [6.07, 6.45) is 5.57. The number of ether oxygens (including phenoxy) is 1. The first-order valence-electron chi connectivity index (χ1n) is 12.3. The number of aliphatic hydroxyl groups excluding tert-OH is 2. The van der Waals surface area contributed by atoms with Gasteiger partial charge in [0, 0.05) is 12.5 Å². The van der Waals surface area contributed by atoms with Gasteiger partial charge in [0.15, 0.2) is 12.1 Å². The molecule has 1 aromatic carbocycles. The molecule has 0 bridgehead atoms. The minimum atomic E-state index is -1.03. The number of nitrogens with zero attached hydrogens (tertiary/aromatic N) is 7. The van der Waals surface area contributed by atoms with E-state index in [-0.39, 0.29) is 12.3 Å². The van der Waals surface area contributed by atoms with Crippen molar-refractivity contribution in [3.8, 4) is 5.69 Å². The lowest BCUT2D eigenvalue weighted by atomic mass is 9.94. The maximum absolute atomic E-state index is 11.0. The first kappa shape index (κ1) is 25.5. The highest BCUT2D eigenvalue weighted by Crippen LogP contribution is 2.37. The molecule has 12 nitrogen and oxygen atoms in total. The summed E-state index contributed by atoms with van der Waals surface area (Å²) in [7, 11) is 2.03. The predicted octanol–water partition coefficient (Wildman–Crippen LogP) is 1.77. The Morgan fingerprint density at radius 1 is 1.32 bits per heavy atom. The molecule has 2 aliphatic rings. The van der Waals surface area contributed by atoms with Crippen LogP contribution in [0.25, 0.3) is 15.9 Å². The van der Waals surface area contributed by atoms with Crippen molar-refractivity contribution in [2.75, 3.05) is 13.7 Å². The third-order valence-electron chi connectivity index (χ3n) is 6.84. The normalized spacial score (nSPS) is 23.9. The molecule has 196 valence electrons. The molecule has 3 aromatic heterocycles. The smallest absolute Gasteiger partial charge is 0.171 e. The molecule has 0 amide bonds. The quantitative estimate of drug-likeness (QED) is 0.317. The van der Waals surface area contributed by atoms with Gasteiger partial charge in [0.05, 0.1) is 39.8 Å². The third-order valence-corrected chi connectivity index (χ3v) is 7.77. The molecule has 4 unspecified atom stereocenters. The summed E-state index contributed by atoms with van der Waals surface area (Å²) < 4.78 is 10.1. The number of nitrogens with one attached hydrogen (secondary N) is 1. The minimum absolute atomic E-state index is 0.159. The molecule has 2 fully saturated rings. The molecule has 1 aliphatic heterocycles. The van der Waals surface area contributed by atoms with Gasteiger partial charge in [0.1, 0.15) is 30.3 Å². The molecule has 4 heterocycles. The van der Waals surface area contributed by atoms with E-state index in [9.17, 15) is 15.0 Å². The van der Waals surface area contributed by atoms with Crippen LogP contribution >= 0.6 is 11.3 Å². The van der Waals surface area contributed by atoms with E-state index in [0.717, 1.165) is 27.0 Å². The maximum atomic E-state index is 11.0. The molecule has 0 spiro atoms. The number of benzene rings is 1. The zero-order chi connectivity index (χ0) is 25.9. The summed E-state index contributed by atoms with van der Waals surface area (Å²) in [6.45, 7) is 1.57. The van der Waals surface area contributed by atoms with Gasteiger partial charge in [-0.25, -0.2) is 19.3 Å². The Morgan fingerprint density at radius 2 is 2.16 bits per heavy atom. The van der Waals surface area contributed by atoms with Gasteiger partial charge in [0.2, 0.25) is 0 Å². The van der Waals surface area contributed by atoms with Gasteiger partial charge in [0.25, 0.3) is 0 Å². The standard InChI is InChI=1S/C19H19N7O4S.C5H11N/c1-10-22-13-3-2-12(4-17(13)31-10)26-19(20-9-21-26)15-5-14(18(29)16(8-28)30-15)25-6-11(7-27)23-24-25;1-6-5-3-2-4-5/h2-4,6-7,9,14-16,18,28-29H,5,8H2,1H3;5-6H,2-4H2,1H3. The number of aromatic nitrogens is 7. The van der Waals surface area contributed by atoms with E-state index in [1.54, 1.807) is 16.0 Å². The molecule has 4 atom stereocenters. The molecule has 13 heteroatoms. The zero-order valence-electron chi connectivity index (χ0n) is 20.6. The zero-order valence-corrected chi connectivity index (χ0v) is 21.5. The molecule has 3 N–H and O–H groups in total. The molecule has 6 rings (SSSR count). The van der Waals surface area contributed by atoms with Crippen LogP contribution in [0.2, 0.25) is 0 Å². The molecule has 1 aliphatic carbocycles. The fourth-order valence-corrected chi connectivity index (χ4v) is 5.43. The van der Waals surface area contributed by atoms with E-state index >= 15 is 0 Å². The second-order valence-electron chi connectivity index (χ2n) is 9.21. The van der Waals surface area contributed by atoms with Crippen LogP contribution < -0.4 is 5.32 Å². The van der Waals surface area contributed by atoms with E-state index in [4.69, 9.17) is 4.74 Å². The van der Waals surface area contributed by atoms with E-state index in [1.807, 2.05) is 32.2 Å². The Kier molecular flexibility index (Phi) is 7.67. The van der Waals surface area contributed by atoms with Gasteiger partial charge in [-0.15, -0.1) is 16.4 Å². The summed E-state index contributed by atoms with van der Waals surface area (Å²) in [5.74, 6) is 0.534. The van der Waals surface area contributed by atoms with Crippen LogP contribution in [0.5, 0.6) is 0 Å². The van der Waals surface area contributed by atoms with E-state index in [1.165, 1.54) is 36.5 Å². The van der Waals surface area contributed by atoms with E-state index in [0.29, 0.717) is 18.5 Å². The molecule has 0 radical (unpaired) electrons. The molecular weight excluding hydrogens is 496 g/mol. The number of aldehydes is 1. The number of rotatable bonds is 6. The SMILES string of the molecule is CNC1CCC1.Cc1nc2ccc(-n3ncnc3C3CC(n4cc(C=O)nn4)C(O)C(CO)O3)cc2s1. The first-order valence-corrected chi connectivity index (χ1v) is 13.1. The highest BCUT2D eigenvalue weighted by Gasteiger charge is 2.41. The van der Waals surface area contributed by atoms with Crippen LogP contribution in [0.15, 0.2) is 30.7 Å². The van der Waals surface area contributed by atoms with Gasteiger partial charge in [-0.3, -0.25) is 4.79 Å². The van der Waals surface area contributed by atoms with Crippen LogP contribution in [0, 0.1) is 6.92 Å². The minimum Gasteiger partial charge on any atom is -0.394 e. The largest absolute Gasteiger partial charge is 0.394 e. The number of carbonyl (C=O) groups is 1. The van der Waals surface area contributed by atoms with E-state index in [2.05, 4.69) is 30.7 Å². The maximum Gasteiger partial charge on any atom is 0.171 e. The summed E-state index contributed by atoms with van der Waals surface area (Å²) in [5, 5.41) is 36.7. The van der Waals surface area contributed by atoms with Gasteiger partial charge >= 0.3 is 0 Å². The van der Waals surface area contributed by atoms with Crippen LogP contribution in [-0.2, 0) is 4.74 Å². The fraction of sp³-hybridized carbons (Fsp3) is 0.500. The Morgan fingerprint density at radius 3 is 2.81 bits per heavy atom. The predicted molar refractivity (Wildman–Crippen MR) is 136 cm³/mol. The highest BCUT2D eigenvalue weighted by molar-refractivity contribution is 7.18. The lowest BCUT2D eigenvalue weighted by Crippen LogP contribution is -2.45. The number of hydrogen-bond acceptors (Lipinski definition) is 11. The van der Waals surface area contributed by atoms with Crippen molar-refractivity contribution >= 4 is 27.8 Å². The van der Waals surface area contributed by atoms with Crippen molar-refractivity contribution in [2.45, 2.75) is 63.0 Å². The van der Waals surface area contributed by atoms with Gasteiger partial charge in [-0.2, -0.15) is 5.10 Å². The van der Waals surface area contributed by atoms with Crippen molar-refractivity contribution in [1.82, 2.24) is 40.1 Å². The first-order chi connectivity index (χ1) is 18.0. The van der Waals surface area contributed by atoms with Crippen molar-refractivity contribution in [3.05, 3.63) is 47.2 Å². The van der Waals surface area contributed by atoms with Gasteiger partial charge < -0.3 is 20.3 Å². The monoisotopic (exact) mass is 526 g/mol. The Bertz CT molecular complexity index is 1350.